The minimum absolute atomic E-state index is 0.123. The number of fused-ring (bicyclic) bond motifs is 1. The highest BCUT2D eigenvalue weighted by molar-refractivity contribution is 5.97. The second-order valence-electron chi connectivity index (χ2n) is 4.80. The van der Waals surface area contributed by atoms with Gasteiger partial charge < -0.3 is 20.5 Å². The van der Waals surface area contributed by atoms with E-state index in [1.807, 2.05) is 6.07 Å². The van der Waals surface area contributed by atoms with Gasteiger partial charge in [0.2, 0.25) is 12.0 Å². The van der Waals surface area contributed by atoms with Gasteiger partial charge in [0.1, 0.15) is 6.61 Å². The topological polar surface area (TPSA) is 90.7 Å². The normalized spacial score (nSPS) is 15.9. The monoisotopic (exact) mass is 298 g/mol. The van der Waals surface area contributed by atoms with Gasteiger partial charge in [0, 0.05) is 11.3 Å². The number of ether oxygens (including phenoxy) is 2. The number of hydrogen-bond donors (Lipinski definition) is 2. The van der Waals surface area contributed by atoms with Crippen molar-refractivity contribution in [1.82, 2.24) is 0 Å². The Morgan fingerprint density at radius 2 is 1.86 bits per heavy atom. The van der Waals surface area contributed by atoms with Gasteiger partial charge in [-0.2, -0.15) is 0 Å². The number of nitrogens with two attached hydrogens (primary N) is 1. The molecule has 0 saturated carbocycles. The van der Waals surface area contributed by atoms with E-state index in [4.69, 9.17) is 15.2 Å². The van der Waals surface area contributed by atoms with E-state index in [-0.39, 0.29) is 12.5 Å². The Kier molecular flexibility index (Phi) is 3.65. The number of carbonyl (C=O) groups is 2. The van der Waals surface area contributed by atoms with Crippen LogP contribution in [0.2, 0.25) is 0 Å². The van der Waals surface area contributed by atoms with Crippen LogP contribution in [0.5, 0.6) is 11.5 Å². The first-order valence-electron chi connectivity index (χ1n) is 6.73. The summed E-state index contributed by atoms with van der Waals surface area (Å²) in [4.78, 5) is 23.4. The van der Waals surface area contributed by atoms with Gasteiger partial charge in [0.05, 0.1) is 0 Å². The first kappa shape index (κ1) is 13.9. The zero-order valence-electron chi connectivity index (χ0n) is 11.6. The molecule has 1 heterocycles. The van der Waals surface area contributed by atoms with Crippen molar-refractivity contribution in [2.75, 3.05) is 11.9 Å². The molecule has 2 aromatic rings. The molecule has 6 nitrogen and oxygen atoms in total. The van der Waals surface area contributed by atoms with E-state index in [0.29, 0.717) is 22.7 Å². The lowest BCUT2D eigenvalue weighted by Gasteiger charge is -2.25. The van der Waals surface area contributed by atoms with Crippen LogP contribution in [0.1, 0.15) is 10.4 Å². The van der Waals surface area contributed by atoms with Gasteiger partial charge >= 0.3 is 0 Å². The smallest absolute Gasteiger partial charge is 0.269 e. The van der Waals surface area contributed by atoms with E-state index >= 15 is 0 Å². The SMILES string of the molecule is NC(=O)c1cccc(NC(=O)C2COc3ccccc3O2)c1. The number of anilines is 1. The van der Waals surface area contributed by atoms with Crippen molar-refractivity contribution in [3.63, 3.8) is 0 Å². The van der Waals surface area contributed by atoms with Crippen molar-refractivity contribution in [2.24, 2.45) is 5.73 Å². The quantitative estimate of drug-likeness (QED) is 0.899. The Balaban J connectivity index is 1.71. The van der Waals surface area contributed by atoms with Crippen LogP contribution in [0.4, 0.5) is 5.69 Å². The number of carbonyl (C=O) groups excluding carboxylic acids is 2. The van der Waals surface area contributed by atoms with E-state index in [1.165, 1.54) is 6.07 Å². The largest absolute Gasteiger partial charge is 0.485 e. The van der Waals surface area contributed by atoms with E-state index in [1.54, 1.807) is 36.4 Å². The molecule has 0 aromatic heterocycles. The Morgan fingerprint density at radius 3 is 2.64 bits per heavy atom. The highest BCUT2D eigenvalue weighted by atomic mass is 16.6. The Bertz CT molecular complexity index is 730. The highest BCUT2D eigenvalue weighted by Gasteiger charge is 2.27. The number of rotatable bonds is 3. The molecule has 112 valence electrons. The first-order valence-corrected chi connectivity index (χ1v) is 6.73. The van der Waals surface area contributed by atoms with Crippen LogP contribution in [0.3, 0.4) is 0 Å². The maximum Gasteiger partial charge on any atom is 0.269 e. The minimum Gasteiger partial charge on any atom is -0.485 e. The number of nitrogens with one attached hydrogen (secondary N) is 1. The molecule has 0 saturated heterocycles. The van der Waals surface area contributed by atoms with Crippen molar-refractivity contribution in [3.05, 3.63) is 54.1 Å². The highest BCUT2D eigenvalue weighted by Crippen LogP contribution is 2.31. The van der Waals surface area contributed by atoms with Crippen LogP contribution in [0.25, 0.3) is 0 Å². The van der Waals surface area contributed by atoms with Gasteiger partial charge in [-0.3, -0.25) is 9.59 Å². The molecular formula is C16H14N2O4. The van der Waals surface area contributed by atoms with Crippen LogP contribution in [0, 0.1) is 0 Å². The summed E-state index contributed by atoms with van der Waals surface area (Å²) in [6, 6.07) is 13.6. The molecular weight excluding hydrogens is 284 g/mol. The van der Waals surface area contributed by atoms with Crippen molar-refractivity contribution in [1.29, 1.82) is 0 Å². The van der Waals surface area contributed by atoms with E-state index in [2.05, 4.69) is 5.32 Å². The van der Waals surface area contributed by atoms with Gasteiger partial charge in [-0.1, -0.05) is 18.2 Å². The molecule has 3 rings (SSSR count). The van der Waals surface area contributed by atoms with Crippen LogP contribution >= 0.6 is 0 Å². The molecule has 1 aliphatic rings. The molecule has 1 atom stereocenters. The molecule has 22 heavy (non-hydrogen) atoms. The zero-order valence-corrected chi connectivity index (χ0v) is 11.6. The molecule has 0 bridgehead atoms. The van der Waals surface area contributed by atoms with Crippen molar-refractivity contribution in [3.8, 4) is 11.5 Å². The van der Waals surface area contributed by atoms with Crippen LogP contribution in [-0.4, -0.2) is 24.5 Å². The molecule has 1 unspecified atom stereocenters. The third-order valence-corrected chi connectivity index (χ3v) is 3.22. The lowest BCUT2D eigenvalue weighted by Crippen LogP contribution is -2.40. The predicted molar refractivity (Wildman–Crippen MR) is 79.9 cm³/mol. The van der Waals surface area contributed by atoms with Crippen LogP contribution < -0.4 is 20.5 Å². The fourth-order valence-electron chi connectivity index (χ4n) is 2.12. The molecule has 1 aliphatic heterocycles. The first-order chi connectivity index (χ1) is 10.6. The predicted octanol–water partition coefficient (Wildman–Crippen LogP) is 1.56. The lowest BCUT2D eigenvalue weighted by atomic mass is 10.2. The maximum atomic E-state index is 12.2. The maximum absolute atomic E-state index is 12.2. The second kappa shape index (κ2) is 5.77. The number of amides is 2. The molecule has 0 spiro atoms. The fourth-order valence-corrected chi connectivity index (χ4v) is 2.12. The molecule has 0 fully saturated rings. The molecule has 2 amide bonds. The Labute approximate surface area is 126 Å². The minimum atomic E-state index is -0.757. The van der Waals surface area contributed by atoms with Crippen molar-refractivity contribution < 1.29 is 19.1 Å². The van der Waals surface area contributed by atoms with E-state index < -0.39 is 12.0 Å². The summed E-state index contributed by atoms with van der Waals surface area (Å²) < 4.78 is 11.1. The van der Waals surface area contributed by atoms with Gasteiger partial charge in [-0.15, -0.1) is 0 Å². The Hall–Kier alpha value is -3.02. The molecule has 0 aliphatic carbocycles. The second-order valence-corrected chi connectivity index (χ2v) is 4.80. The zero-order chi connectivity index (χ0) is 15.5. The summed E-state index contributed by atoms with van der Waals surface area (Å²) in [5.41, 5.74) is 6.01. The summed E-state index contributed by atoms with van der Waals surface area (Å²) in [6.45, 7) is 0.123. The third kappa shape index (κ3) is 2.85. The van der Waals surface area contributed by atoms with E-state index in [9.17, 15) is 9.59 Å². The lowest BCUT2D eigenvalue weighted by molar-refractivity contribution is -0.125. The summed E-state index contributed by atoms with van der Waals surface area (Å²) in [5, 5.41) is 2.69. The number of hydrogen-bond acceptors (Lipinski definition) is 4. The van der Waals surface area contributed by atoms with Gasteiger partial charge in [-0.25, -0.2) is 0 Å². The van der Waals surface area contributed by atoms with Crippen molar-refractivity contribution in [2.45, 2.75) is 6.10 Å². The average Bonchev–Trinajstić information content (AvgIpc) is 2.54. The van der Waals surface area contributed by atoms with Gasteiger partial charge in [0.25, 0.3) is 5.91 Å². The number of para-hydroxylation sites is 2. The summed E-state index contributed by atoms with van der Waals surface area (Å²) in [7, 11) is 0. The van der Waals surface area contributed by atoms with Crippen molar-refractivity contribution >= 4 is 17.5 Å². The summed E-state index contributed by atoms with van der Waals surface area (Å²) in [5.74, 6) is 0.237. The molecule has 2 aromatic carbocycles. The molecule has 6 heteroatoms. The molecule has 3 N–H and O–H groups in total. The molecule has 0 radical (unpaired) electrons. The average molecular weight is 298 g/mol. The number of primary amides is 1. The van der Waals surface area contributed by atoms with E-state index in [0.717, 1.165) is 0 Å². The van der Waals surface area contributed by atoms with Crippen LogP contribution in [0.15, 0.2) is 48.5 Å². The van der Waals surface area contributed by atoms with Gasteiger partial charge in [0.15, 0.2) is 11.5 Å². The summed E-state index contributed by atoms with van der Waals surface area (Å²) in [6.07, 6.45) is -0.757. The van der Waals surface area contributed by atoms with Crippen LogP contribution in [-0.2, 0) is 4.79 Å². The number of benzene rings is 2. The fraction of sp³-hybridized carbons (Fsp3) is 0.125. The Morgan fingerprint density at radius 1 is 1.09 bits per heavy atom. The summed E-state index contributed by atoms with van der Waals surface area (Å²) >= 11 is 0. The van der Waals surface area contributed by atoms with Gasteiger partial charge in [-0.05, 0) is 30.3 Å². The third-order valence-electron chi connectivity index (χ3n) is 3.22. The standard InChI is InChI=1S/C16H14N2O4/c17-15(19)10-4-3-5-11(8-10)18-16(20)14-9-21-12-6-1-2-7-13(12)22-14/h1-8,14H,9H2,(H2,17,19)(H,18,20).